The number of rotatable bonds is 0. The zero-order chi connectivity index (χ0) is 12.1. The lowest BCUT2D eigenvalue weighted by Crippen LogP contribution is -2.16. The largest absolute Gasteiger partial charge is 0.116 e. The molecule has 0 aromatic heterocycles. The number of fused-ring (bicyclic) bond motifs is 5. The van der Waals surface area contributed by atoms with E-state index in [0.29, 0.717) is 11.2 Å². The average molecular weight is 315 g/mol. The van der Waals surface area contributed by atoms with Crippen LogP contribution in [-0.4, -0.2) is 5.25 Å². The minimum Gasteiger partial charge on any atom is -0.116 e. The number of benzene rings is 2. The summed E-state index contributed by atoms with van der Waals surface area (Å²) in [7, 11) is 0. The lowest BCUT2D eigenvalue weighted by Gasteiger charge is -2.26. The molecule has 2 heteroatoms. The van der Waals surface area contributed by atoms with Crippen LogP contribution in [-0.2, 0) is 0 Å². The monoisotopic (exact) mass is 314 g/mol. The summed E-state index contributed by atoms with van der Waals surface area (Å²) in [5.41, 5.74) is 4.29. The van der Waals surface area contributed by atoms with Gasteiger partial charge in [0.25, 0.3) is 0 Å². The van der Waals surface area contributed by atoms with E-state index in [0.717, 1.165) is 0 Å². The third kappa shape index (κ3) is 1.45. The summed E-state index contributed by atoms with van der Waals surface area (Å²) in [6.45, 7) is 0. The molecule has 1 aliphatic carbocycles. The first kappa shape index (κ1) is 10.9. The van der Waals surface area contributed by atoms with Gasteiger partial charge in [0.1, 0.15) is 0 Å². The normalized spacial score (nSPS) is 23.9. The molecule has 0 saturated carbocycles. The van der Waals surface area contributed by atoms with Crippen molar-refractivity contribution in [3.05, 3.63) is 69.7 Å². The van der Waals surface area contributed by atoms with Crippen LogP contribution in [0.25, 0.3) is 6.08 Å². The van der Waals surface area contributed by atoms with Crippen LogP contribution in [0.5, 0.6) is 0 Å². The predicted molar refractivity (Wildman–Crippen MR) is 81.3 cm³/mol. The van der Waals surface area contributed by atoms with E-state index in [4.69, 9.17) is 0 Å². The summed E-state index contributed by atoms with van der Waals surface area (Å²) >= 11 is 5.74. The lowest BCUT2D eigenvalue weighted by molar-refractivity contribution is 0.839. The van der Waals surface area contributed by atoms with E-state index < -0.39 is 0 Å². The van der Waals surface area contributed by atoms with Crippen molar-refractivity contribution in [3.63, 3.8) is 0 Å². The zero-order valence-corrected chi connectivity index (χ0v) is 12.0. The number of hydrogen-bond acceptors (Lipinski definition) is 1. The summed E-state index contributed by atoms with van der Waals surface area (Å²) in [6, 6.07) is 17.5. The Kier molecular flexibility index (Phi) is 2.42. The van der Waals surface area contributed by atoms with Crippen LogP contribution >= 0.6 is 27.7 Å². The summed E-state index contributed by atoms with van der Waals surface area (Å²) in [5, 5.41) is 0.511. The Morgan fingerprint density at radius 2 is 1.61 bits per heavy atom. The summed E-state index contributed by atoms with van der Waals surface area (Å²) in [6.07, 6.45) is 2.27. The van der Waals surface area contributed by atoms with Crippen LogP contribution in [0, 0.1) is 0 Å². The highest BCUT2D eigenvalue weighted by Crippen LogP contribution is 2.55. The smallest absolute Gasteiger partial charge is 0.0520 e. The van der Waals surface area contributed by atoms with Crippen molar-refractivity contribution in [2.24, 2.45) is 0 Å². The van der Waals surface area contributed by atoms with Crippen LogP contribution in [0.3, 0.4) is 0 Å². The highest BCUT2D eigenvalue weighted by Gasteiger charge is 2.38. The fraction of sp³-hybridized carbons (Fsp3) is 0.125. The van der Waals surface area contributed by atoms with Gasteiger partial charge in [0.2, 0.25) is 0 Å². The number of halogens is 1. The molecule has 2 atom stereocenters. The molecule has 2 aromatic carbocycles. The maximum absolute atomic E-state index is 3.76. The maximum atomic E-state index is 3.76. The van der Waals surface area contributed by atoms with Gasteiger partial charge in [-0.25, -0.2) is 0 Å². The molecule has 0 fully saturated rings. The molecule has 0 saturated heterocycles. The second-order valence-corrected chi connectivity index (χ2v) is 6.81. The third-order valence-corrected chi connectivity index (χ3v) is 6.14. The average Bonchev–Trinajstić information content (AvgIpc) is 2.79. The standard InChI is InChI=1S/C16H11BrS/c17-13-9-10-5-1-2-6-11(10)15-12-7-3-4-8-14(12)18-16(13)15/h1-9,15-16H. The zero-order valence-electron chi connectivity index (χ0n) is 9.64. The van der Waals surface area contributed by atoms with E-state index in [1.54, 1.807) is 0 Å². The Morgan fingerprint density at radius 1 is 0.889 bits per heavy atom. The topological polar surface area (TPSA) is 0 Å². The van der Waals surface area contributed by atoms with E-state index in [9.17, 15) is 0 Å². The van der Waals surface area contributed by atoms with E-state index >= 15 is 0 Å². The third-order valence-electron chi connectivity index (χ3n) is 3.71. The van der Waals surface area contributed by atoms with Crippen molar-refractivity contribution in [1.82, 2.24) is 0 Å². The molecule has 18 heavy (non-hydrogen) atoms. The van der Waals surface area contributed by atoms with E-state index in [-0.39, 0.29) is 0 Å². The van der Waals surface area contributed by atoms with Crippen LogP contribution in [0.2, 0.25) is 0 Å². The van der Waals surface area contributed by atoms with Gasteiger partial charge >= 0.3 is 0 Å². The van der Waals surface area contributed by atoms with Gasteiger partial charge < -0.3 is 0 Å². The molecule has 4 rings (SSSR count). The van der Waals surface area contributed by atoms with Crippen molar-refractivity contribution in [2.75, 3.05) is 0 Å². The molecule has 1 aliphatic heterocycles. The Balaban J connectivity index is 1.98. The molecular formula is C16H11BrS. The van der Waals surface area contributed by atoms with Gasteiger partial charge in [0.15, 0.2) is 0 Å². The molecule has 2 aliphatic rings. The van der Waals surface area contributed by atoms with Crippen molar-refractivity contribution < 1.29 is 0 Å². The van der Waals surface area contributed by atoms with Crippen molar-refractivity contribution in [1.29, 1.82) is 0 Å². The fourth-order valence-electron chi connectivity index (χ4n) is 2.92. The Bertz CT molecular complexity index is 660. The molecule has 2 unspecified atom stereocenters. The molecule has 0 bridgehead atoms. The van der Waals surface area contributed by atoms with E-state index in [2.05, 4.69) is 70.5 Å². The number of hydrogen-bond donors (Lipinski definition) is 0. The molecule has 0 nitrogen and oxygen atoms in total. The Morgan fingerprint density at radius 3 is 2.50 bits per heavy atom. The van der Waals surface area contributed by atoms with Gasteiger partial charge in [-0.05, 0) is 28.8 Å². The predicted octanol–water partition coefficient (Wildman–Crippen LogP) is 5.04. The second-order valence-electron chi connectivity index (χ2n) is 4.71. The van der Waals surface area contributed by atoms with Crippen LogP contribution in [0.1, 0.15) is 22.6 Å². The van der Waals surface area contributed by atoms with Gasteiger partial charge in [-0.2, -0.15) is 0 Å². The first-order chi connectivity index (χ1) is 8.84. The summed E-state index contributed by atoms with van der Waals surface area (Å²) in [5.74, 6) is 0.502. The minimum atomic E-state index is 0.502. The van der Waals surface area contributed by atoms with Crippen LogP contribution < -0.4 is 0 Å². The van der Waals surface area contributed by atoms with Crippen LogP contribution in [0.15, 0.2) is 57.9 Å². The molecule has 88 valence electrons. The molecular weight excluding hydrogens is 304 g/mol. The second kappa shape index (κ2) is 4.01. The number of thioether (sulfide) groups is 1. The molecule has 0 N–H and O–H groups in total. The van der Waals surface area contributed by atoms with Crippen molar-refractivity contribution in [2.45, 2.75) is 16.1 Å². The summed E-state index contributed by atoms with van der Waals surface area (Å²) in [4.78, 5) is 1.43. The Labute approximate surface area is 119 Å². The Hall–Kier alpha value is -0.990. The van der Waals surface area contributed by atoms with Crippen molar-refractivity contribution >= 4 is 33.8 Å². The molecule has 0 spiro atoms. The van der Waals surface area contributed by atoms with Gasteiger partial charge in [0, 0.05) is 15.3 Å². The van der Waals surface area contributed by atoms with Gasteiger partial charge in [-0.15, -0.1) is 11.8 Å². The van der Waals surface area contributed by atoms with Crippen molar-refractivity contribution in [3.8, 4) is 0 Å². The van der Waals surface area contributed by atoms with Crippen LogP contribution in [0.4, 0.5) is 0 Å². The SMILES string of the molecule is BrC1=Cc2ccccc2C2c3ccccc3SC12. The first-order valence-electron chi connectivity index (χ1n) is 6.06. The van der Waals surface area contributed by atoms with Gasteiger partial charge in [0.05, 0.1) is 5.25 Å². The minimum absolute atomic E-state index is 0.502. The quantitative estimate of drug-likeness (QED) is 0.656. The lowest BCUT2D eigenvalue weighted by atomic mass is 9.82. The first-order valence-corrected chi connectivity index (χ1v) is 7.73. The molecule has 1 heterocycles. The molecule has 0 amide bonds. The maximum Gasteiger partial charge on any atom is 0.0520 e. The molecule has 0 radical (unpaired) electrons. The van der Waals surface area contributed by atoms with Gasteiger partial charge in [-0.3, -0.25) is 0 Å². The highest BCUT2D eigenvalue weighted by molar-refractivity contribution is 9.12. The van der Waals surface area contributed by atoms with E-state index in [1.807, 2.05) is 11.8 Å². The molecule has 2 aromatic rings. The van der Waals surface area contributed by atoms with Gasteiger partial charge in [-0.1, -0.05) is 58.4 Å². The fourth-order valence-corrected chi connectivity index (χ4v) is 5.08. The van der Waals surface area contributed by atoms with E-state index in [1.165, 1.54) is 26.1 Å². The summed E-state index contributed by atoms with van der Waals surface area (Å²) < 4.78 is 1.31. The highest BCUT2D eigenvalue weighted by atomic mass is 79.9.